The summed E-state index contributed by atoms with van der Waals surface area (Å²) in [6.45, 7) is 6.07. The van der Waals surface area contributed by atoms with Gasteiger partial charge in [-0.1, -0.05) is 6.08 Å². The number of pyridine rings is 1. The first-order valence-electron chi connectivity index (χ1n) is 8.68. The van der Waals surface area contributed by atoms with E-state index < -0.39 is 6.10 Å². The van der Waals surface area contributed by atoms with Crippen LogP contribution in [0, 0.1) is 11.8 Å². The average molecular weight is 378 g/mol. The van der Waals surface area contributed by atoms with Gasteiger partial charge < -0.3 is 26.3 Å². The van der Waals surface area contributed by atoms with Crippen LogP contribution < -0.4 is 4.74 Å². The van der Waals surface area contributed by atoms with Gasteiger partial charge in [0.15, 0.2) is 0 Å². The van der Waals surface area contributed by atoms with E-state index in [0.717, 1.165) is 41.7 Å². The number of piperidine rings is 3. The van der Waals surface area contributed by atoms with Crippen LogP contribution in [0.5, 0.6) is 5.75 Å². The molecule has 2 aromatic rings. The standard InChI is InChI=1S/C20H24N2O2.3H2O/c1-3-13-12-22-9-7-14(13)10-19(22)20(23)16-6-8-21-18-5-4-15(24-2)11-17(16)18;;;/h3-6,8,11,13-14,19-20,23H,1,7,9-10,12H2,2H3;3*1H2. The summed E-state index contributed by atoms with van der Waals surface area (Å²) in [5.41, 5.74) is 1.85. The van der Waals surface area contributed by atoms with Gasteiger partial charge in [-0.25, -0.2) is 0 Å². The van der Waals surface area contributed by atoms with Crippen LogP contribution in [0.1, 0.15) is 24.5 Å². The minimum Gasteiger partial charge on any atom is -0.497 e. The van der Waals surface area contributed by atoms with E-state index in [1.807, 2.05) is 24.3 Å². The number of fused-ring (bicyclic) bond motifs is 4. The molecule has 7 heteroatoms. The molecule has 1 aromatic heterocycles. The Balaban J connectivity index is 0.00000121. The minimum absolute atomic E-state index is 0. The van der Waals surface area contributed by atoms with Crippen LogP contribution in [0.3, 0.4) is 0 Å². The number of ether oxygens (including phenoxy) is 1. The topological polar surface area (TPSA) is 140 Å². The maximum Gasteiger partial charge on any atom is 0.119 e. The number of rotatable bonds is 4. The molecule has 3 aliphatic rings. The van der Waals surface area contributed by atoms with E-state index in [1.54, 1.807) is 13.3 Å². The molecule has 27 heavy (non-hydrogen) atoms. The van der Waals surface area contributed by atoms with Crippen LogP contribution in [-0.4, -0.2) is 57.7 Å². The fourth-order valence-electron chi connectivity index (χ4n) is 4.44. The van der Waals surface area contributed by atoms with Gasteiger partial charge in [0.25, 0.3) is 0 Å². The second kappa shape index (κ2) is 9.25. The molecule has 3 aliphatic heterocycles. The van der Waals surface area contributed by atoms with Gasteiger partial charge in [0.2, 0.25) is 0 Å². The van der Waals surface area contributed by atoms with Gasteiger partial charge in [0.1, 0.15) is 5.75 Å². The molecule has 0 saturated carbocycles. The maximum atomic E-state index is 11.2. The fraction of sp³-hybridized carbons (Fsp3) is 0.450. The van der Waals surface area contributed by atoms with Gasteiger partial charge in [0, 0.05) is 24.2 Å². The van der Waals surface area contributed by atoms with Crippen LogP contribution in [0.15, 0.2) is 43.1 Å². The molecular weight excluding hydrogens is 348 g/mol. The number of benzene rings is 1. The van der Waals surface area contributed by atoms with Crippen molar-refractivity contribution in [3.63, 3.8) is 0 Å². The van der Waals surface area contributed by atoms with Crippen LogP contribution in [-0.2, 0) is 0 Å². The van der Waals surface area contributed by atoms with Crippen molar-refractivity contribution in [3.05, 3.63) is 48.7 Å². The van der Waals surface area contributed by atoms with Gasteiger partial charge >= 0.3 is 0 Å². The Morgan fingerprint density at radius 2 is 2.07 bits per heavy atom. The summed E-state index contributed by atoms with van der Waals surface area (Å²) in [6.07, 6.45) is 5.62. The van der Waals surface area contributed by atoms with E-state index in [1.165, 1.54) is 6.42 Å². The SMILES string of the molecule is C=CC1CN2CCC1CC2C(O)c1ccnc2ccc(OC)cc12.O.O.O. The number of hydrogen-bond donors (Lipinski definition) is 1. The summed E-state index contributed by atoms with van der Waals surface area (Å²) >= 11 is 0. The highest BCUT2D eigenvalue weighted by atomic mass is 16.5. The van der Waals surface area contributed by atoms with Crippen molar-refractivity contribution in [1.29, 1.82) is 0 Å². The smallest absolute Gasteiger partial charge is 0.119 e. The molecule has 5 rings (SSSR count). The summed E-state index contributed by atoms with van der Waals surface area (Å²) in [7, 11) is 1.66. The summed E-state index contributed by atoms with van der Waals surface area (Å²) in [5, 5.41) is 12.1. The Kier molecular flexibility index (Phi) is 7.89. The van der Waals surface area contributed by atoms with Crippen LogP contribution >= 0.6 is 0 Å². The highest BCUT2D eigenvalue weighted by Gasteiger charge is 2.42. The molecule has 3 saturated heterocycles. The normalized spacial score (nSPS) is 26.9. The zero-order valence-electron chi connectivity index (χ0n) is 15.6. The molecule has 0 spiro atoms. The van der Waals surface area contributed by atoms with Gasteiger partial charge in [0.05, 0.1) is 18.7 Å². The van der Waals surface area contributed by atoms with E-state index in [9.17, 15) is 5.11 Å². The molecule has 7 N–H and O–H groups in total. The van der Waals surface area contributed by atoms with Gasteiger partial charge in [-0.3, -0.25) is 9.88 Å². The second-order valence-electron chi connectivity index (χ2n) is 6.97. The van der Waals surface area contributed by atoms with Crippen LogP contribution in [0.25, 0.3) is 10.9 Å². The number of aromatic nitrogens is 1. The van der Waals surface area contributed by atoms with Crippen molar-refractivity contribution in [1.82, 2.24) is 9.88 Å². The lowest BCUT2D eigenvalue weighted by Crippen LogP contribution is -2.54. The largest absolute Gasteiger partial charge is 0.497 e. The molecule has 3 fully saturated rings. The summed E-state index contributed by atoms with van der Waals surface area (Å²) < 4.78 is 5.35. The maximum absolute atomic E-state index is 11.2. The molecule has 0 radical (unpaired) electrons. The van der Waals surface area contributed by atoms with E-state index in [2.05, 4.69) is 22.5 Å². The Morgan fingerprint density at radius 1 is 1.30 bits per heavy atom. The number of aliphatic hydroxyl groups is 1. The lowest BCUT2D eigenvalue weighted by Gasteiger charge is -2.50. The van der Waals surface area contributed by atoms with Crippen LogP contribution in [0.2, 0.25) is 0 Å². The third-order valence-electron chi connectivity index (χ3n) is 5.82. The number of methoxy groups -OCH3 is 1. The van der Waals surface area contributed by atoms with E-state index >= 15 is 0 Å². The first-order valence-corrected chi connectivity index (χ1v) is 8.68. The molecule has 1 aromatic carbocycles. The first-order chi connectivity index (χ1) is 11.7. The van der Waals surface area contributed by atoms with Crippen LogP contribution in [0.4, 0.5) is 0 Å². The fourth-order valence-corrected chi connectivity index (χ4v) is 4.44. The molecule has 7 nitrogen and oxygen atoms in total. The average Bonchev–Trinajstić information content (AvgIpc) is 2.66. The lowest BCUT2D eigenvalue weighted by atomic mass is 9.73. The van der Waals surface area contributed by atoms with Gasteiger partial charge in [-0.2, -0.15) is 0 Å². The Morgan fingerprint density at radius 3 is 2.70 bits per heavy atom. The Hall–Kier alpha value is -2.03. The molecule has 150 valence electrons. The molecule has 2 bridgehead atoms. The quantitative estimate of drug-likeness (QED) is 0.782. The molecule has 5 unspecified atom stereocenters. The summed E-state index contributed by atoms with van der Waals surface area (Å²) in [4.78, 5) is 6.86. The zero-order chi connectivity index (χ0) is 16.7. The zero-order valence-corrected chi connectivity index (χ0v) is 15.6. The third kappa shape index (κ3) is 3.97. The predicted octanol–water partition coefficient (Wildman–Crippen LogP) is 0.699. The summed E-state index contributed by atoms with van der Waals surface area (Å²) in [5.74, 6) is 2.01. The molecule has 4 heterocycles. The van der Waals surface area contributed by atoms with Crippen molar-refractivity contribution >= 4 is 10.9 Å². The number of aliphatic hydroxyl groups excluding tert-OH is 1. The van der Waals surface area contributed by atoms with Crippen molar-refractivity contribution < 1.29 is 26.3 Å². The highest BCUT2D eigenvalue weighted by molar-refractivity contribution is 5.83. The first kappa shape index (κ1) is 23.0. The third-order valence-corrected chi connectivity index (χ3v) is 5.82. The number of hydrogen-bond acceptors (Lipinski definition) is 4. The van der Waals surface area contributed by atoms with Gasteiger partial charge in [-0.05, 0) is 61.1 Å². The summed E-state index contributed by atoms with van der Waals surface area (Å²) in [6, 6.07) is 7.96. The Bertz CT molecular complexity index is 769. The molecular formula is C20H30N2O5. The van der Waals surface area contributed by atoms with E-state index in [0.29, 0.717) is 11.8 Å². The van der Waals surface area contributed by atoms with Crippen molar-refractivity contribution in [2.24, 2.45) is 11.8 Å². The van der Waals surface area contributed by atoms with Crippen molar-refractivity contribution in [2.75, 3.05) is 20.2 Å². The monoisotopic (exact) mass is 378 g/mol. The number of nitrogens with zero attached hydrogens (tertiary/aromatic N) is 2. The predicted molar refractivity (Wildman–Crippen MR) is 106 cm³/mol. The lowest BCUT2D eigenvalue weighted by molar-refractivity contribution is -0.0444. The molecule has 0 aliphatic carbocycles. The molecule has 5 atom stereocenters. The van der Waals surface area contributed by atoms with E-state index in [-0.39, 0.29) is 22.5 Å². The second-order valence-corrected chi connectivity index (χ2v) is 6.97. The van der Waals surface area contributed by atoms with Crippen molar-refractivity contribution in [2.45, 2.75) is 25.0 Å². The molecule has 0 amide bonds. The highest BCUT2D eigenvalue weighted by Crippen LogP contribution is 2.42. The minimum atomic E-state index is -0.504. The van der Waals surface area contributed by atoms with Gasteiger partial charge in [-0.15, -0.1) is 6.58 Å². The van der Waals surface area contributed by atoms with E-state index in [4.69, 9.17) is 4.74 Å². The Labute approximate surface area is 159 Å². The van der Waals surface area contributed by atoms with Crippen molar-refractivity contribution in [3.8, 4) is 5.75 Å².